The molecule has 0 spiro atoms. The lowest BCUT2D eigenvalue weighted by Crippen LogP contribution is -2.46. The van der Waals surface area contributed by atoms with Gasteiger partial charge in [-0.15, -0.1) is 0 Å². The number of fused-ring (bicyclic) bond motifs is 1. The fraction of sp³-hybridized carbons (Fsp3) is 0.321. The summed E-state index contributed by atoms with van der Waals surface area (Å²) < 4.78 is 0. The van der Waals surface area contributed by atoms with E-state index >= 15 is 0 Å². The van der Waals surface area contributed by atoms with Gasteiger partial charge in [0.1, 0.15) is 0 Å². The molecule has 1 fully saturated rings. The molecule has 0 aliphatic carbocycles. The molecule has 6 nitrogen and oxygen atoms in total. The highest BCUT2D eigenvalue weighted by molar-refractivity contribution is 6.05. The fourth-order valence-electron chi connectivity index (χ4n) is 5.06. The molecule has 2 atom stereocenters. The number of hydrazone groups is 1. The van der Waals surface area contributed by atoms with Crippen LogP contribution < -0.4 is 0 Å². The molecule has 0 saturated carbocycles. The third kappa shape index (κ3) is 4.33. The minimum absolute atomic E-state index is 0.0617. The molecular formula is C28H30N4O2. The first-order valence-corrected chi connectivity index (χ1v) is 11.9. The number of amides is 2. The van der Waals surface area contributed by atoms with E-state index in [9.17, 15) is 9.59 Å². The summed E-state index contributed by atoms with van der Waals surface area (Å²) >= 11 is 0. The Morgan fingerprint density at radius 2 is 1.71 bits per heavy atom. The first-order chi connectivity index (χ1) is 16.5. The van der Waals surface area contributed by atoms with Crippen molar-refractivity contribution in [1.29, 1.82) is 0 Å². The Labute approximate surface area is 200 Å². The highest BCUT2D eigenvalue weighted by atomic mass is 16.2. The summed E-state index contributed by atoms with van der Waals surface area (Å²) in [6, 6.07) is 24.3. The smallest absolute Gasteiger partial charge is 0.257 e. The van der Waals surface area contributed by atoms with Gasteiger partial charge in [-0.1, -0.05) is 66.7 Å². The second kappa shape index (κ2) is 9.39. The van der Waals surface area contributed by atoms with Crippen LogP contribution in [-0.2, 0) is 9.59 Å². The average Bonchev–Trinajstić information content (AvgIpc) is 3.51. The summed E-state index contributed by atoms with van der Waals surface area (Å²) in [4.78, 5) is 29.8. The number of likely N-dealkylation sites (N-methyl/N-ethyl adjacent to an activating group) is 1. The number of rotatable bonds is 5. The number of hydrogen-bond acceptors (Lipinski definition) is 4. The van der Waals surface area contributed by atoms with Crippen molar-refractivity contribution < 1.29 is 9.59 Å². The molecule has 2 heterocycles. The van der Waals surface area contributed by atoms with Gasteiger partial charge in [-0.25, -0.2) is 5.01 Å². The lowest BCUT2D eigenvalue weighted by atomic mass is 9.97. The minimum Gasteiger partial charge on any atom is -0.347 e. The molecule has 174 valence electrons. The normalized spacial score (nSPS) is 20.5. The summed E-state index contributed by atoms with van der Waals surface area (Å²) in [5, 5.41) is 8.84. The van der Waals surface area contributed by atoms with E-state index in [2.05, 4.69) is 42.5 Å². The number of hydrogen-bond donors (Lipinski definition) is 0. The van der Waals surface area contributed by atoms with Crippen molar-refractivity contribution in [2.24, 2.45) is 5.10 Å². The Bertz CT molecular complexity index is 1240. The van der Waals surface area contributed by atoms with Crippen LogP contribution in [0.5, 0.6) is 0 Å². The maximum atomic E-state index is 13.6. The van der Waals surface area contributed by atoms with E-state index in [1.807, 2.05) is 35.2 Å². The molecule has 3 aromatic rings. The van der Waals surface area contributed by atoms with Gasteiger partial charge in [0.15, 0.2) is 0 Å². The maximum Gasteiger partial charge on any atom is 0.257 e. The standard InChI is InChI=1S/C28H30N4O2/c1-30(2)28(34)25-13-8-16-31(25)19-27(33)32-26(21-10-4-3-5-11-21)18-24(29-32)23-15-14-20-9-6-7-12-22(20)17-23/h3-7,9-12,14-15,17,25-26H,8,13,16,18-19H2,1-2H3. The van der Waals surface area contributed by atoms with Crippen LogP contribution in [0.25, 0.3) is 10.8 Å². The Balaban J connectivity index is 1.43. The monoisotopic (exact) mass is 454 g/mol. The molecule has 0 N–H and O–H groups in total. The van der Waals surface area contributed by atoms with Gasteiger partial charge in [-0.3, -0.25) is 14.5 Å². The lowest BCUT2D eigenvalue weighted by molar-refractivity contribution is -0.137. The van der Waals surface area contributed by atoms with Gasteiger partial charge in [0.25, 0.3) is 5.91 Å². The van der Waals surface area contributed by atoms with Crippen LogP contribution in [0.3, 0.4) is 0 Å². The van der Waals surface area contributed by atoms with Crippen LogP contribution in [0.2, 0.25) is 0 Å². The SMILES string of the molecule is CN(C)C(=O)C1CCCN1CC(=O)N1N=C(c2ccc3ccccc3c2)CC1c1ccccc1. The lowest BCUT2D eigenvalue weighted by Gasteiger charge is -2.28. The topological polar surface area (TPSA) is 56.2 Å². The fourth-order valence-corrected chi connectivity index (χ4v) is 5.06. The average molecular weight is 455 g/mol. The number of carbonyl (C=O) groups is 2. The van der Waals surface area contributed by atoms with Crippen molar-refractivity contribution in [1.82, 2.24) is 14.8 Å². The molecule has 2 aliphatic heterocycles. The molecule has 2 amide bonds. The third-order valence-corrected chi connectivity index (χ3v) is 6.86. The summed E-state index contributed by atoms with van der Waals surface area (Å²) in [6.07, 6.45) is 2.37. The molecule has 0 bridgehead atoms. The summed E-state index contributed by atoms with van der Waals surface area (Å²) in [7, 11) is 3.54. The maximum absolute atomic E-state index is 13.6. The van der Waals surface area contributed by atoms with Crippen LogP contribution in [0.15, 0.2) is 77.9 Å². The first-order valence-electron chi connectivity index (χ1n) is 11.9. The van der Waals surface area contributed by atoms with E-state index in [0.717, 1.165) is 41.6 Å². The Hall–Kier alpha value is -3.51. The number of nitrogens with zero attached hydrogens (tertiary/aromatic N) is 4. The van der Waals surface area contributed by atoms with Gasteiger partial charge in [0.2, 0.25) is 5.91 Å². The second-order valence-electron chi connectivity index (χ2n) is 9.34. The van der Waals surface area contributed by atoms with Crippen molar-refractivity contribution in [2.45, 2.75) is 31.3 Å². The summed E-state index contributed by atoms with van der Waals surface area (Å²) in [5.41, 5.74) is 3.02. The van der Waals surface area contributed by atoms with Crippen LogP contribution in [0.1, 0.15) is 36.4 Å². The van der Waals surface area contributed by atoms with E-state index in [4.69, 9.17) is 5.10 Å². The van der Waals surface area contributed by atoms with Gasteiger partial charge >= 0.3 is 0 Å². The van der Waals surface area contributed by atoms with E-state index in [-0.39, 0.29) is 30.4 Å². The molecule has 3 aromatic carbocycles. The quantitative estimate of drug-likeness (QED) is 0.584. The number of likely N-dealkylation sites (tertiary alicyclic amines) is 1. The van der Waals surface area contributed by atoms with Gasteiger partial charge in [-0.2, -0.15) is 5.10 Å². The molecule has 34 heavy (non-hydrogen) atoms. The van der Waals surface area contributed by atoms with Gasteiger partial charge < -0.3 is 4.90 Å². The molecule has 2 aliphatic rings. The van der Waals surface area contributed by atoms with Gasteiger partial charge in [-0.05, 0) is 47.4 Å². The highest BCUT2D eigenvalue weighted by Gasteiger charge is 2.37. The molecule has 1 saturated heterocycles. The van der Waals surface area contributed by atoms with Crippen LogP contribution >= 0.6 is 0 Å². The first kappa shape index (κ1) is 22.3. The van der Waals surface area contributed by atoms with Crippen LogP contribution in [-0.4, -0.2) is 65.6 Å². The van der Waals surface area contributed by atoms with Crippen LogP contribution in [0.4, 0.5) is 0 Å². The predicted octanol–water partition coefficient (Wildman–Crippen LogP) is 4.07. The largest absolute Gasteiger partial charge is 0.347 e. The minimum atomic E-state index is -0.235. The van der Waals surface area contributed by atoms with Crippen molar-refractivity contribution in [3.63, 3.8) is 0 Å². The summed E-state index contributed by atoms with van der Waals surface area (Å²) in [5.74, 6) is -0.00483. The molecular weight excluding hydrogens is 424 g/mol. The van der Waals surface area contributed by atoms with Crippen molar-refractivity contribution in [3.8, 4) is 0 Å². The van der Waals surface area contributed by atoms with Crippen molar-refractivity contribution in [3.05, 3.63) is 83.9 Å². The van der Waals surface area contributed by atoms with Crippen LogP contribution in [0, 0.1) is 0 Å². The zero-order chi connectivity index (χ0) is 23.7. The molecule has 2 unspecified atom stereocenters. The Kier molecular flexibility index (Phi) is 6.16. The molecule has 0 radical (unpaired) electrons. The molecule has 0 aromatic heterocycles. The van der Waals surface area contributed by atoms with E-state index < -0.39 is 0 Å². The highest BCUT2D eigenvalue weighted by Crippen LogP contribution is 2.34. The van der Waals surface area contributed by atoms with E-state index in [1.54, 1.807) is 24.0 Å². The molecule has 6 heteroatoms. The Morgan fingerprint density at radius 1 is 0.971 bits per heavy atom. The second-order valence-corrected chi connectivity index (χ2v) is 9.34. The zero-order valence-corrected chi connectivity index (χ0v) is 19.7. The summed E-state index contributed by atoms with van der Waals surface area (Å²) in [6.45, 7) is 0.948. The third-order valence-electron chi connectivity index (χ3n) is 6.86. The van der Waals surface area contributed by atoms with Gasteiger partial charge in [0.05, 0.1) is 24.3 Å². The number of carbonyl (C=O) groups excluding carboxylic acids is 2. The van der Waals surface area contributed by atoms with E-state index in [1.165, 1.54) is 5.39 Å². The predicted molar refractivity (Wildman–Crippen MR) is 134 cm³/mol. The van der Waals surface area contributed by atoms with Crippen molar-refractivity contribution in [2.75, 3.05) is 27.2 Å². The Morgan fingerprint density at radius 3 is 2.47 bits per heavy atom. The molecule has 5 rings (SSSR count). The van der Waals surface area contributed by atoms with Crippen molar-refractivity contribution >= 4 is 28.3 Å². The van der Waals surface area contributed by atoms with E-state index in [0.29, 0.717) is 6.42 Å². The zero-order valence-electron chi connectivity index (χ0n) is 19.7. The van der Waals surface area contributed by atoms with Gasteiger partial charge in [0, 0.05) is 20.5 Å². The number of benzene rings is 3.